The molecule has 0 spiro atoms. The van der Waals surface area contributed by atoms with E-state index in [4.69, 9.17) is 5.11 Å². The summed E-state index contributed by atoms with van der Waals surface area (Å²) in [6, 6.07) is 0. The van der Waals surface area contributed by atoms with E-state index in [0.717, 1.165) is 17.3 Å². The summed E-state index contributed by atoms with van der Waals surface area (Å²) >= 11 is 3.25. The van der Waals surface area contributed by atoms with Crippen LogP contribution in [0.25, 0.3) is 0 Å². The minimum atomic E-state index is -0.868. The van der Waals surface area contributed by atoms with E-state index in [-0.39, 0.29) is 5.91 Å². The molecule has 0 saturated heterocycles. The van der Waals surface area contributed by atoms with Gasteiger partial charge < -0.3 is 10.4 Å². The number of hydrogen-bond acceptors (Lipinski definition) is 2. The highest BCUT2D eigenvalue weighted by Crippen LogP contribution is 2.13. The van der Waals surface area contributed by atoms with Crippen LogP contribution in [0.2, 0.25) is 0 Å². The lowest BCUT2D eigenvalue weighted by atomic mass is 10.3. The van der Waals surface area contributed by atoms with Crippen molar-refractivity contribution in [1.82, 2.24) is 5.32 Å². The average Bonchev–Trinajstić information content (AvgIpc) is 2.01. The molecule has 0 aromatic carbocycles. The van der Waals surface area contributed by atoms with E-state index in [1.165, 1.54) is 6.08 Å². The molecule has 1 aliphatic heterocycles. The summed E-state index contributed by atoms with van der Waals surface area (Å²) in [5, 5.41) is 11.5. The van der Waals surface area contributed by atoms with Crippen molar-refractivity contribution in [2.24, 2.45) is 0 Å². The topological polar surface area (TPSA) is 49.3 Å². The van der Waals surface area contributed by atoms with Crippen molar-refractivity contribution >= 4 is 21.8 Å². The van der Waals surface area contributed by atoms with Gasteiger partial charge in [0.05, 0.1) is 0 Å². The van der Waals surface area contributed by atoms with Crippen LogP contribution in [0.15, 0.2) is 22.7 Å². The van der Waals surface area contributed by atoms with Crippen LogP contribution in [0.1, 0.15) is 12.8 Å². The number of rotatable bonds is 0. The van der Waals surface area contributed by atoms with Crippen molar-refractivity contribution in [2.75, 3.05) is 0 Å². The smallest absolute Gasteiger partial charge is 0.247 e. The molecule has 12 heavy (non-hydrogen) atoms. The fourth-order valence-corrected chi connectivity index (χ4v) is 1.33. The van der Waals surface area contributed by atoms with Crippen LogP contribution in [0.5, 0.6) is 0 Å². The van der Waals surface area contributed by atoms with Crippen LogP contribution in [0, 0.1) is 0 Å². The number of halogens is 1. The monoisotopic (exact) mass is 231 g/mol. The van der Waals surface area contributed by atoms with Crippen molar-refractivity contribution in [2.45, 2.75) is 19.1 Å². The molecule has 1 aliphatic rings. The molecular formula is C8H10BrNO2. The van der Waals surface area contributed by atoms with Crippen molar-refractivity contribution in [3.8, 4) is 0 Å². The van der Waals surface area contributed by atoms with E-state index in [2.05, 4.69) is 21.2 Å². The number of aliphatic hydroxyl groups is 1. The minimum Gasteiger partial charge on any atom is -0.370 e. The number of amides is 1. The highest BCUT2D eigenvalue weighted by molar-refractivity contribution is 9.11. The van der Waals surface area contributed by atoms with E-state index < -0.39 is 6.23 Å². The molecule has 0 aromatic heterocycles. The maximum absolute atomic E-state index is 11.0. The predicted molar refractivity (Wildman–Crippen MR) is 49.5 cm³/mol. The molecule has 0 aromatic rings. The van der Waals surface area contributed by atoms with E-state index in [9.17, 15) is 4.79 Å². The van der Waals surface area contributed by atoms with Crippen LogP contribution in [0.3, 0.4) is 0 Å². The van der Waals surface area contributed by atoms with Crippen molar-refractivity contribution in [3.05, 3.63) is 22.7 Å². The first-order valence-electron chi connectivity index (χ1n) is 3.70. The Bertz CT molecular complexity index is 235. The van der Waals surface area contributed by atoms with Crippen LogP contribution < -0.4 is 5.32 Å². The number of aliphatic hydroxyl groups excluding tert-OH is 1. The molecule has 1 unspecified atom stereocenters. The number of carbonyl (C=O) groups is 1. The van der Waals surface area contributed by atoms with Crippen LogP contribution in [0.4, 0.5) is 0 Å². The number of nitrogens with one attached hydrogen (secondary N) is 1. The molecule has 1 atom stereocenters. The Morgan fingerprint density at radius 3 is 3.17 bits per heavy atom. The van der Waals surface area contributed by atoms with Crippen molar-refractivity contribution in [1.29, 1.82) is 0 Å². The van der Waals surface area contributed by atoms with Gasteiger partial charge in [-0.05, 0) is 18.9 Å². The van der Waals surface area contributed by atoms with E-state index >= 15 is 0 Å². The second kappa shape index (κ2) is 4.42. The van der Waals surface area contributed by atoms with E-state index in [1.54, 1.807) is 6.08 Å². The number of carbonyl (C=O) groups excluding carboxylic acids is 1. The summed E-state index contributed by atoms with van der Waals surface area (Å²) in [4.78, 5) is 11.0. The maximum Gasteiger partial charge on any atom is 0.247 e. The number of allylic oxidation sites excluding steroid dienone is 2. The Morgan fingerprint density at radius 1 is 1.67 bits per heavy atom. The quantitative estimate of drug-likeness (QED) is 0.613. The highest BCUT2D eigenvalue weighted by atomic mass is 79.9. The molecule has 0 aliphatic carbocycles. The second-order valence-electron chi connectivity index (χ2n) is 2.51. The van der Waals surface area contributed by atoms with Gasteiger partial charge in [0.1, 0.15) is 6.23 Å². The lowest BCUT2D eigenvalue weighted by molar-refractivity contribution is -0.118. The molecule has 66 valence electrons. The molecule has 1 heterocycles. The molecule has 0 fully saturated rings. The largest absolute Gasteiger partial charge is 0.370 e. The van der Waals surface area contributed by atoms with Gasteiger partial charge in [0.15, 0.2) is 0 Å². The van der Waals surface area contributed by atoms with Gasteiger partial charge in [0, 0.05) is 10.6 Å². The summed E-state index contributed by atoms with van der Waals surface area (Å²) in [6.07, 6.45) is 5.59. The van der Waals surface area contributed by atoms with Gasteiger partial charge in [0.25, 0.3) is 0 Å². The van der Waals surface area contributed by atoms with E-state index in [1.807, 2.05) is 6.08 Å². The zero-order chi connectivity index (χ0) is 8.97. The lowest BCUT2D eigenvalue weighted by Gasteiger charge is -2.04. The normalized spacial score (nSPS) is 32.0. The van der Waals surface area contributed by atoms with Crippen molar-refractivity contribution < 1.29 is 9.90 Å². The second-order valence-corrected chi connectivity index (χ2v) is 3.53. The molecule has 3 nitrogen and oxygen atoms in total. The van der Waals surface area contributed by atoms with Gasteiger partial charge in [-0.3, -0.25) is 4.79 Å². The van der Waals surface area contributed by atoms with Gasteiger partial charge >= 0.3 is 0 Å². The van der Waals surface area contributed by atoms with Gasteiger partial charge in [-0.25, -0.2) is 0 Å². The number of hydrogen-bond donors (Lipinski definition) is 2. The van der Waals surface area contributed by atoms with Gasteiger partial charge in [0.2, 0.25) is 5.91 Å². The molecule has 0 saturated carbocycles. The van der Waals surface area contributed by atoms with Crippen LogP contribution >= 0.6 is 15.9 Å². The molecule has 1 rings (SSSR count). The Hall–Kier alpha value is -0.610. The SMILES string of the molecule is O=C1/C=C(\Br)CC/C=C/C(O)N1. The molecule has 1 amide bonds. The van der Waals surface area contributed by atoms with Gasteiger partial charge in [-0.2, -0.15) is 0 Å². The third kappa shape index (κ3) is 3.19. The Morgan fingerprint density at radius 2 is 2.42 bits per heavy atom. The van der Waals surface area contributed by atoms with Gasteiger partial charge in [-0.15, -0.1) is 0 Å². The first-order chi connectivity index (χ1) is 5.68. The molecule has 0 bridgehead atoms. The fraction of sp³-hybridized carbons (Fsp3) is 0.375. The zero-order valence-corrected chi connectivity index (χ0v) is 8.04. The summed E-state index contributed by atoms with van der Waals surface area (Å²) in [5.41, 5.74) is 0. The zero-order valence-electron chi connectivity index (χ0n) is 6.46. The third-order valence-corrected chi connectivity index (χ3v) is 2.07. The maximum atomic E-state index is 11.0. The van der Waals surface area contributed by atoms with Crippen LogP contribution in [-0.2, 0) is 4.79 Å². The molecule has 0 radical (unpaired) electrons. The summed E-state index contributed by atoms with van der Waals surface area (Å²) in [6.45, 7) is 0. The van der Waals surface area contributed by atoms with Gasteiger partial charge in [-0.1, -0.05) is 22.0 Å². The Labute approximate surface area is 79.3 Å². The standard InChI is InChI=1S/C8H10BrNO2/c9-6-3-1-2-4-7(11)10-8(12)5-6/h2,4-5,7,11H,1,3H2,(H,10,12)/b4-2+,6-5-. The lowest BCUT2D eigenvalue weighted by Crippen LogP contribution is -2.31. The molecule has 4 heteroatoms. The minimum absolute atomic E-state index is 0.277. The molecule has 2 N–H and O–H groups in total. The van der Waals surface area contributed by atoms with Crippen molar-refractivity contribution in [3.63, 3.8) is 0 Å². The Balaban J connectivity index is 2.69. The summed E-state index contributed by atoms with van der Waals surface area (Å²) in [7, 11) is 0. The first kappa shape index (κ1) is 9.48. The predicted octanol–water partition coefficient (Wildman–Crippen LogP) is 1.05. The fourth-order valence-electron chi connectivity index (χ4n) is 0.896. The average molecular weight is 232 g/mol. The first-order valence-corrected chi connectivity index (χ1v) is 4.49. The summed E-state index contributed by atoms with van der Waals surface area (Å²) < 4.78 is 0.846. The summed E-state index contributed by atoms with van der Waals surface area (Å²) in [5.74, 6) is -0.277. The highest BCUT2D eigenvalue weighted by Gasteiger charge is 2.05. The Kier molecular flexibility index (Phi) is 3.49. The third-order valence-electron chi connectivity index (χ3n) is 1.45. The van der Waals surface area contributed by atoms with E-state index in [0.29, 0.717) is 0 Å². The van der Waals surface area contributed by atoms with Crippen LogP contribution in [-0.4, -0.2) is 17.2 Å². The molecular weight excluding hydrogens is 222 g/mol.